The standard InChI is InChI=1S/C18H20ClNO/c1-2-17(15-8-4-3-5-9-15)18(21)20-12-11-14-7-6-10-16(19)13-14/h3-10,13,17H,2,11-12H2,1H3,(H,20,21)/t17-/m1/s1. The van der Waals surface area contributed by atoms with E-state index in [-0.39, 0.29) is 11.8 Å². The van der Waals surface area contributed by atoms with Gasteiger partial charge in [0, 0.05) is 11.6 Å². The number of nitrogens with one attached hydrogen (secondary N) is 1. The molecule has 0 bridgehead atoms. The lowest BCUT2D eigenvalue weighted by Crippen LogP contribution is -2.30. The molecule has 21 heavy (non-hydrogen) atoms. The maximum absolute atomic E-state index is 12.3. The van der Waals surface area contributed by atoms with Gasteiger partial charge in [-0.2, -0.15) is 0 Å². The number of hydrogen-bond acceptors (Lipinski definition) is 1. The fourth-order valence-electron chi connectivity index (χ4n) is 2.40. The highest BCUT2D eigenvalue weighted by atomic mass is 35.5. The Morgan fingerprint density at radius 1 is 1.14 bits per heavy atom. The first-order chi connectivity index (χ1) is 10.2. The molecule has 0 saturated heterocycles. The summed E-state index contributed by atoms with van der Waals surface area (Å²) in [5, 5.41) is 3.75. The molecule has 1 atom stereocenters. The molecule has 1 amide bonds. The predicted molar refractivity (Wildman–Crippen MR) is 87.6 cm³/mol. The van der Waals surface area contributed by atoms with Gasteiger partial charge in [0.05, 0.1) is 5.92 Å². The Labute approximate surface area is 131 Å². The SMILES string of the molecule is CC[C@@H](C(=O)NCCc1cccc(Cl)c1)c1ccccc1. The number of hydrogen-bond donors (Lipinski definition) is 1. The molecule has 0 aliphatic heterocycles. The van der Waals surface area contributed by atoms with E-state index in [1.165, 1.54) is 0 Å². The molecule has 2 rings (SSSR count). The van der Waals surface area contributed by atoms with Gasteiger partial charge in [0.2, 0.25) is 5.91 Å². The molecule has 2 aromatic rings. The zero-order valence-corrected chi connectivity index (χ0v) is 12.9. The molecule has 2 nitrogen and oxygen atoms in total. The van der Waals surface area contributed by atoms with Crippen LogP contribution in [0.1, 0.15) is 30.4 Å². The van der Waals surface area contributed by atoms with Crippen molar-refractivity contribution in [2.45, 2.75) is 25.7 Å². The Kier molecular flexibility index (Phi) is 5.82. The molecule has 2 aromatic carbocycles. The lowest BCUT2D eigenvalue weighted by atomic mass is 9.95. The van der Waals surface area contributed by atoms with E-state index in [0.717, 1.165) is 29.0 Å². The van der Waals surface area contributed by atoms with Crippen molar-refractivity contribution in [2.75, 3.05) is 6.54 Å². The number of rotatable bonds is 6. The van der Waals surface area contributed by atoms with E-state index >= 15 is 0 Å². The Morgan fingerprint density at radius 3 is 2.57 bits per heavy atom. The quantitative estimate of drug-likeness (QED) is 0.851. The number of carbonyl (C=O) groups is 1. The van der Waals surface area contributed by atoms with Crippen molar-refractivity contribution in [3.63, 3.8) is 0 Å². The Hall–Kier alpha value is -1.80. The minimum atomic E-state index is -0.0782. The molecule has 0 fully saturated rings. The molecule has 0 heterocycles. The highest BCUT2D eigenvalue weighted by Crippen LogP contribution is 2.19. The van der Waals surface area contributed by atoms with Crippen LogP contribution in [0.3, 0.4) is 0 Å². The number of amides is 1. The first-order valence-electron chi connectivity index (χ1n) is 7.27. The first kappa shape index (κ1) is 15.6. The molecule has 3 heteroatoms. The zero-order valence-electron chi connectivity index (χ0n) is 12.2. The summed E-state index contributed by atoms with van der Waals surface area (Å²) in [5.74, 6) is 0.0105. The van der Waals surface area contributed by atoms with Crippen molar-refractivity contribution in [3.8, 4) is 0 Å². The first-order valence-corrected chi connectivity index (χ1v) is 7.65. The number of halogens is 1. The average molecular weight is 302 g/mol. The van der Waals surface area contributed by atoms with Crippen LogP contribution in [0, 0.1) is 0 Å². The van der Waals surface area contributed by atoms with Crippen LogP contribution in [0.2, 0.25) is 5.02 Å². The fourth-order valence-corrected chi connectivity index (χ4v) is 2.62. The molecule has 0 aromatic heterocycles. The van der Waals surface area contributed by atoms with Crippen molar-refractivity contribution >= 4 is 17.5 Å². The van der Waals surface area contributed by atoms with Gasteiger partial charge in [-0.15, -0.1) is 0 Å². The van der Waals surface area contributed by atoms with Crippen LogP contribution < -0.4 is 5.32 Å². The zero-order chi connectivity index (χ0) is 15.1. The summed E-state index contributed by atoms with van der Waals surface area (Å²) in [5.41, 5.74) is 2.20. The summed E-state index contributed by atoms with van der Waals surface area (Å²) in [7, 11) is 0. The summed E-state index contributed by atoms with van der Waals surface area (Å²) in [6, 6.07) is 17.6. The molecule has 110 valence electrons. The monoisotopic (exact) mass is 301 g/mol. The minimum absolute atomic E-state index is 0.0782. The van der Waals surface area contributed by atoms with Gasteiger partial charge in [-0.25, -0.2) is 0 Å². The molecular formula is C18H20ClNO. The maximum Gasteiger partial charge on any atom is 0.227 e. The second-order valence-corrected chi connectivity index (χ2v) is 5.48. The smallest absolute Gasteiger partial charge is 0.227 e. The van der Waals surface area contributed by atoms with E-state index < -0.39 is 0 Å². The Morgan fingerprint density at radius 2 is 1.90 bits per heavy atom. The third-order valence-electron chi connectivity index (χ3n) is 3.53. The van der Waals surface area contributed by atoms with E-state index in [1.807, 2.05) is 61.5 Å². The summed E-state index contributed by atoms with van der Waals surface area (Å²) < 4.78 is 0. The van der Waals surface area contributed by atoms with Crippen molar-refractivity contribution < 1.29 is 4.79 Å². The molecule has 0 aliphatic carbocycles. The van der Waals surface area contributed by atoms with Gasteiger partial charge >= 0.3 is 0 Å². The molecule has 1 N–H and O–H groups in total. The fraction of sp³-hybridized carbons (Fsp3) is 0.278. The molecule has 0 spiro atoms. The van der Waals surface area contributed by atoms with Gasteiger partial charge in [-0.1, -0.05) is 61.0 Å². The van der Waals surface area contributed by atoms with Crippen molar-refractivity contribution in [3.05, 3.63) is 70.7 Å². The molecule has 0 saturated carbocycles. The summed E-state index contributed by atoms with van der Waals surface area (Å²) >= 11 is 5.95. The topological polar surface area (TPSA) is 29.1 Å². The summed E-state index contributed by atoms with van der Waals surface area (Å²) in [6.45, 7) is 2.66. The third-order valence-corrected chi connectivity index (χ3v) is 3.76. The van der Waals surface area contributed by atoms with Crippen LogP contribution in [-0.2, 0) is 11.2 Å². The van der Waals surface area contributed by atoms with E-state index in [9.17, 15) is 4.79 Å². The van der Waals surface area contributed by atoms with Crippen LogP contribution in [0.15, 0.2) is 54.6 Å². The number of carbonyl (C=O) groups excluding carboxylic acids is 1. The van der Waals surface area contributed by atoms with Crippen molar-refractivity contribution in [1.29, 1.82) is 0 Å². The van der Waals surface area contributed by atoms with E-state index in [1.54, 1.807) is 0 Å². The highest BCUT2D eigenvalue weighted by molar-refractivity contribution is 6.30. The van der Waals surface area contributed by atoms with Gasteiger partial charge in [0.15, 0.2) is 0 Å². The molecule has 0 radical (unpaired) electrons. The molecular weight excluding hydrogens is 282 g/mol. The Balaban J connectivity index is 1.89. The summed E-state index contributed by atoms with van der Waals surface area (Å²) in [6.07, 6.45) is 1.59. The Bertz CT molecular complexity index is 583. The van der Waals surface area contributed by atoms with Gasteiger partial charge in [0.25, 0.3) is 0 Å². The largest absolute Gasteiger partial charge is 0.355 e. The third kappa shape index (κ3) is 4.61. The van der Waals surface area contributed by atoms with Crippen LogP contribution in [0.4, 0.5) is 0 Å². The molecule has 0 aliphatic rings. The maximum atomic E-state index is 12.3. The summed E-state index contributed by atoms with van der Waals surface area (Å²) in [4.78, 5) is 12.3. The van der Waals surface area contributed by atoms with Gasteiger partial charge in [-0.05, 0) is 36.1 Å². The van der Waals surface area contributed by atoms with Crippen LogP contribution in [0.5, 0.6) is 0 Å². The minimum Gasteiger partial charge on any atom is -0.355 e. The van der Waals surface area contributed by atoms with Crippen molar-refractivity contribution in [2.24, 2.45) is 0 Å². The van der Waals surface area contributed by atoms with E-state index in [0.29, 0.717) is 6.54 Å². The van der Waals surface area contributed by atoms with E-state index in [2.05, 4.69) is 5.32 Å². The number of benzene rings is 2. The van der Waals surface area contributed by atoms with Crippen LogP contribution >= 0.6 is 11.6 Å². The highest BCUT2D eigenvalue weighted by Gasteiger charge is 2.17. The van der Waals surface area contributed by atoms with Gasteiger partial charge < -0.3 is 5.32 Å². The lowest BCUT2D eigenvalue weighted by Gasteiger charge is -2.15. The van der Waals surface area contributed by atoms with Crippen molar-refractivity contribution in [1.82, 2.24) is 5.32 Å². The van der Waals surface area contributed by atoms with Crippen LogP contribution in [-0.4, -0.2) is 12.5 Å². The normalized spacial score (nSPS) is 11.9. The van der Waals surface area contributed by atoms with Gasteiger partial charge in [-0.3, -0.25) is 4.79 Å². The predicted octanol–water partition coefficient (Wildman–Crippen LogP) is 4.19. The lowest BCUT2D eigenvalue weighted by molar-refractivity contribution is -0.122. The van der Waals surface area contributed by atoms with E-state index in [4.69, 9.17) is 11.6 Å². The second-order valence-electron chi connectivity index (χ2n) is 5.04. The van der Waals surface area contributed by atoms with Crippen LogP contribution in [0.25, 0.3) is 0 Å². The molecule has 0 unspecified atom stereocenters. The average Bonchev–Trinajstić information content (AvgIpc) is 2.49. The second kappa shape index (κ2) is 7.84. The van der Waals surface area contributed by atoms with Gasteiger partial charge in [0.1, 0.15) is 0 Å².